The first-order chi connectivity index (χ1) is 11.9. The number of rotatable bonds is 4. The van der Waals surface area contributed by atoms with Crippen LogP contribution in [-0.4, -0.2) is 9.52 Å². The SMILES string of the molecule is C[SiH2]C1=CNC(c2ccc(C(F)(F)F)cc2C)C=C1CC1CCCC1. The molecule has 1 nitrogen and oxygen atoms in total. The first-order valence-electron chi connectivity index (χ1n) is 9.22. The highest BCUT2D eigenvalue weighted by atomic mass is 28.2. The van der Waals surface area contributed by atoms with E-state index in [-0.39, 0.29) is 15.6 Å². The van der Waals surface area contributed by atoms with E-state index in [1.807, 2.05) is 0 Å². The van der Waals surface area contributed by atoms with Crippen molar-refractivity contribution in [2.75, 3.05) is 0 Å². The lowest BCUT2D eigenvalue weighted by Gasteiger charge is -2.26. The second kappa shape index (κ2) is 7.40. The summed E-state index contributed by atoms with van der Waals surface area (Å²) in [6.07, 6.45) is 6.53. The Morgan fingerprint density at radius 3 is 2.52 bits per heavy atom. The quantitative estimate of drug-likeness (QED) is 0.721. The normalized spacial score (nSPS) is 22.2. The fourth-order valence-electron chi connectivity index (χ4n) is 4.07. The predicted molar refractivity (Wildman–Crippen MR) is 99.2 cm³/mol. The Morgan fingerprint density at radius 1 is 1.20 bits per heavy atom. The van der Waals surface area contributed by atoms with Crippen LogP contribution in [-0.2, 0) is 6.18 Å². The molecule has 1 fully saturated rings. The summed E-state index contributed by atoms with van der Waals surface area (Å²) in [4.78, 5) is 0. The van der Waals surface area contributed by atoms with Crippen LogP contribution in [0.3, 0.4) is 0 Å². The third kappa shape index (κ3) is 4.19. The molecule has 1 N–H and O–H groups in total. The summed E-state index contributed by atoms with van der Waals surface area (Å²) < 4.78 is 38.7. The van der Waals surface area contributed by atoms with Crippen molar-refractivity contribution in [3.63, 3.8) is 0 Å². The molecule has 1 aliphatic carbocycles. The van der Waals surface area contributed by atoms with Gasteiger partial charge >= 0.3 is 6.18 Å². The van der Waals surface area contributed by atoms with Crippen LogP contribution < -0.4 is 5.32 Å². The molecule has 1 aromatic rings. The van der Waals surface area contributed by atoms with E-state index < -0.39 is 11.7 Å². The molecule has 0 aromatic heterocycles. The van der Waals surface area contributed by atoms with E-state index in [0.717, 1.165) is 17.9 Å². The van der Waals surface area contributed by atoms with E-state index in [4.69, 9.17) is 0 Å². The van der Waals surface area contributed by atoms with E-state index in [1.54, 1.807) is 13.0 Å². The summed E-state index contributed by atoms with van der Waals surface area (Å²) in [6.45, 7) is 4.06. The predicted octanol–water partition coefficient (Wildman–Crippen LogP) is 5.22. The van der Waals surface area contributed by atoms with Crippen LogP contribution in [0.25, 0.3) is 0 Å². The maximum atomic E-state index is 12.9. The molecular weight excluding hydrogens is 339 g/mol. The summed E-state index contributed by atoms with van der Waals surface area (Å²) in [5.74, 6) is 0.780. The third-order valence-electron chi connectivity index (χ3n) is 5.51. The summed E-state index contributed by atoms with van der Waals surface area (Å²) in [5.41, 5.74) is 2.49. The summed E-state index contributed by atoms with van der Waals surface area (Å²) >= 11 is 0. The standard InChI is InChI=1S/C20H26F3NSi/c1-13-9-16(20(21,22)23)7-8-17(13)18-11-15(19(25-2)12-24-18)10-14-5-3-4-6-14/h7-9,11-12,14,18,24H,3-6,10,25H2,1-2H3. The maximum absolute atomic E-state index is 12.9. The molecule has 2 aliphatic rings. The minimum absolute atomic E-state index is 0.0250. The Morgan fingerprint density at radius 2 is 1.92 bits per heavy atom. The number of hydrogen-bond acceptors (Lipinski definition) is 1. The molecule has 1 heterocycles. The van der Waals surface area contributed by atoms with Crippen molar-refractivity contribution in [3.05, 3.63) is 57.9 Å². The number of alkyl halides is 3. The van der Waals surface area contributed by atoms with Crippen LogP contribution in [0.15, 0.2) is 41.2 Å². The second-order valence-electron chi connectivity index (χ2n) is 7.28. The Kier molecular flexibility index (Phi) is 5.42. The molecule has 25 heavy (non-hydrogen) atoms. The van der Waals surface area contributed by atoms with Crippen molar-refractivity contribution in [1.82, 2.24) is 5.32 Å². The van der Waals surface area contributed by atoms with Crippen molar-refractivity contribution < 1.29 is 13.2 Å². The lowest BCUT2D eigenvalue weighted by Crippen LogP contribution is -2.22. The zero-order valence-corrected chi connectivity index (χ0v) is 16.3. The molecule has 3 rings (SSSR count). The van der Waals surface area contributed by atoms with E-state index in [0.29, 0.717) is 5.56 Å². The van der Waals surface area contributed by atoms with Gasteiger partial charge in [0.2, 0.25) is 0 Å². The largest absolute Gasteiger partial charge is 0.416 e. The Balaban J connectivity index is 1.84. The molecular formula is C20H26F3NSi. The molecule has 1 aliphatic heterocycles. The molecule has 1 aromatic carbocycles. The van der Waals surface area contributed by atoms with Gasteiger partial charge in [-0.25, -0.2) is 0 Å². The highest BCUT2D eigenvalue weighted by molar-refractivity contribution is 6.45. The fourth-order valence-corrected chi connectivity index (χ4v) is 5.11. The molecule has 1 atom stereocenters. The van der Waals surface area contributed by atoms with Gasteiger partial charge in [-0.15, -0.1) is 0 Å². The number of nitrogens with one attached hydrogen (secondary N) is 1. The zero-order chi connectivity index (χ0) is 18.0. The number of benzene rings is 1. The van der Waals surface area contributed by atoms with Crippen LogP contribution in [0, 0.1) is 12.8 Å². The summed E-state index contributed by atoms with van der Waals surface area (Å²) in [6, 6.07) is 4.06. The third-order valence-corrected chi connectivity index (χ3v) is 6.93. The van der Waals surface area contributed by atoms with Crippen molar-refractivity contribution >= 4 is 9.52 Å². The highest BCUT2D eigenvalue weighted by Gasteiger charge is 2.31. The van der Waals surface area contributed by atoms with Crippen LogP contribution >= 0.6 is 0 Å². The van der Waals surface area contributed by atoms with Gasteiger partial charge in [0.15, 0.2) is 0 Å². The minimum atomic E-state index is -4.28. The second-order valence-corrected chi connectivity index (χ2v) is 8.75. The Bertz CT molecular complexity index is 685. The van der Waals surface area contributed by atoms with Gasteiger partial charge in [0.05, 0.1) is 21.1 Å². The van der Waals surface area contributed by atoms with Crippen LogP contribution in [0.2, 0.25) is 6.55 Å². The van der Waals surface area contributed by atoms with Crippen LogP contribution in [0.1, 0.15) is 54.8 Å². The van der Waals surface area contributed by atoms with Gasteiger partial charge in [-0.1, -0.05) is 44.4 Å². The highest BCUT2D eigenvalue weighted by Crippen LogP contribution is 2.36. The smallest absolute Gasteiger partial charge is 0.381 e. The van der Waals surface area contributed by atoms with Crippen molar-refractivity contribution in [2.45, 2.75) is 57.8 Å². The molecule has 0 radical (unpaired) electrons. The monoisotopic (exact) mass is 365 g/mol. The van der Waals surface area contributed by atoms with Crippen LogP contribution in [0.5, 0.6) is 0 Å². The van der Waals surface area contributed by atoms with E-state index in [2.05, 4.69) is 24.1 Å². The van der Waals surface area contributed by atoms with Gasteiger partial charge in [0.25, 0.3) is 0 Å². The molecule has 1 unspecified atom stereocenters. The minimum Gasteiger partial charge on any atom is -0.381 e. The summed E-state index contributed by atoms with van der Waals surface area (Å²) in [5, 5.41) is 4.87. The molecule has 1 saturated carbocycles. The average molecular weight is 366 g/mol. The molecule has 0 spiro atoms. The number of aryl methyl sites for hydroxylation is 1. The maximum Gasteiger partial charge on any atom is 0.416 e. The van der Waals surface area contributed by atoms with Crippen LogP contribution in [0.4, 0.5) is 13.2 Å². The first-order valence-corrected chi connectivity index (χ1v) is 11.3. The van der Waals surface area contributed by atoms with Crippen molar-refractivity contribution in [2.24, 2.45) is 5.92 Å². The molecule has 0 saturated heterocycles. The van der Waals surface area contributed by atoms with E-state index in [9.17, 15) is 13.2 Å². The number of dihydropyridines is 1. The summed E-state index contributed by atoms with van der Waals surface area (Å²) in [7, 11) is -0.273. The average Bonchev–Trinajstić information content (AvgIpc) is 3.07. The molecule has 5 heteroatoms. The van der Waals surface area contributed by atoms with Crippen molar-refractivity contribution in [1.29, 1.82) is 0 Å². The first kappa shape index (κ1) is 18.3. The van der Waals surface area contributed by atoms with Gasteiger partial charge in [0, 0.05) is 0 Å². The molecule has 136 valence electrons. The fraction of sp³-hybridized carbons (Fsp3) is 0.500. The van der Waals surface area contributed by atoms with Gasteiger partial charge in [-0.3, -0.25) is 0 Å². The Labute approximate surface area is 150 Å². The van der Waals surface area contributed by atoms with Crippen molar-refractivity contribution in [3.8, 4) is 0 Å². The van der Waals surface area contributed by atoms with E-state index in [1.165, 1.54) is 48.6 Å². The van der Waals surface area contributed by atoms with E-state index >= 15 is 0 Å². The number of halogens is 3. The van der Waals surface area contributed by atoms with Gasteiger partial charge in [-0.2, -0.15) is 13.2 Å². The lowest BCUT2D eigenvalue weighted by molar-refractivity contribution is -0.137. The van der Waals surface area contributed by atoms with Gasteiger partial charge in [-0.05, 0) is 59.5 Å². The molecule has 0 amide bonds. The number of allylic oxidation sites excluding steroid dienone is 2. The Hall–Kier alpha value is -1.49. The van der Waals surface area contributed by atoms with Gasteiger partial charge < -0.3 is 5.32 Å². The number of hydrogen-bond donors (Lipinski definition) is 1. The lowest BCUT2D eigenvalue weighted by atomic mass is 9.91. The van der Waals surface area contributed by atoms with Gasteiger partial charge in [0.1, 0.15) is 0 Å². The topological polar surface area (TPSA) is 12.0 Å². The molecule has 0 bridgehead atoms. The zero-order valence-electron chi connectivity index (χ0n) is 14.9.